The number of nitrogens with zero attached hydrogens (tertiary/aromatic N) is 7. The van der Waals surface area contributed by atoms with E-state index < -0.39 is 0 Å². The van der Waals surface area contributed by atoms with Crippen molar-refractivity contribution in [3.8, 4) is 0 Å². The predicted molar refractivity (Wildman–Crippen MR) is 452 cm³/mol. The summed E-state index contributed by atoms with van der Waals surface area (Å²) in [5.74, 6) is 2.26. The first kappa shape index (κ1) is 85.9. The van der Waals surface area contributed by atoms with Crippen LogP contribution < -0.4 is 21.2 Å². The van der Waals surface area contributed by atoms with Crippen molar-refractivity contribution in [2.24, 2.45) is 41.2 Å². The van der Waals surface area contributed by atoms with Gasteiger partial charge in [-0.05, 0) is 145 Å². The molecular formula is C92H132N12. The lowest BCUT2D eigenvalue weighted by Crippen LogP contribution is -2.24. The average Bonchev–Trinajstić information content (AvgIpc) is 1.64. The second-order valence-corrected chi connectivity index (χ2v) is 36.0. The van der Waals surface area contributed by atoms with Crippen molar-refractivity contribution in [3.63, 3.8) is 0 Å². The Morgan fingerprint density at radius 3 is 1.43 bits per heavy atom. The third-order valence-electron chi connectivity index (χ3n) is 17.7. The maximum Gasteiger partial charge on any atom is 0.111 e. The number of hydrogen-bond acceptors (Lipinski definition) is 7. The van der Waals surface area contributed by atoms with Crippen molar-refractivity contribution < 1.29 is 0 Å². The Bertz CT molecular complexity index is 4310. The van der Waals surface area contributed by atoms with Crippen molar-refractivity contribution >= 4 is 52.1 Å². The number of benzene rings is 4. The fourth-order valence-corrected chi connectivity index (χ4v) is 10.7. The molecule has 0 aliphatic carbocycles. The van der Waals surface area contributed by atoms with E-state index in [4.69, 9.17) is 0 Å². The van der Waals surface area contributed by atoms with Crippen LogP contribution in [-0.4, -0.2) is 79.4 Å². The Kier molecular flexibility index (Phi) is 31.2. The topological polar surface area (TPSA) is 167 Å². The number of allylic oxidation sites excluding steroid dienone is 4. The van der Waals surface area contributed by atoms with Crippen LogP contribution in [0, 0.1) is 16.2 Å². The zero-order valence-electron chi connectivity index (χ0n) is 69.2. The van der Waals surface area contributed by atoms with Crippen LogP contribution in [0.4, 0.5) is 0 Å². The van der Waals surface area contributed by atoms with Crippen molar-refractivity contribution in [2.75, 3.05) is 26.2 Å². The number of H-pyrrole nitrogens is 5. The van der Waals surface area contributed by atoms with Gasteiger partial charge >= 0.3 is 0 Å². The molecule has 0 spiro atoms. The highest BCUT2D eigenvalue weighted by atomic mass is 15.1. The predicted octanol–water partition coefficient (Wildman–Crippen LogP) is 21.6. The summed E-state index contributed by atoms with van der Waals surface area (Å²) in [5.41, 5.74) is 16.2. The van der Waals surface area contributed by atoms with Crippen LogP contribution in [-0.2, 0) is 27.1 Å². The molecule has 0 bridgehead atoms. The van der Waals surface area contributed by atoms with E-state index in [1.807, 2.05) is 55.5 Å². The van der Waals surface area contributed by atoms with E-state index in [-0.39, 0.29) is 37.9 Å². The normalized spacial score (nSPS) is 14.1. The molecule has 0 saturated carbocycles. The fraction of sp³-hybridized carbons (Fsp3) is 0.467. The van der Waals surface area contributed by atoms with E-state index in [1.165, 1.54) is 82.7 Å². The van der Waals surface area contributed by atoms with Crippen LogP contribution in [0.1, 0.15) is 252 Å². The number of nitrogens with one attached hydrogen (secondary N) is 5. The summed E-state index contributed by atoms with van der Waals surface area (Å²) in [4.78, 5) is 38.2. The van der Waals surface area contributed by atoms with Crippen molar-refractivity contribution in [3.05, 3.63) is 237 Å². The molecule has 12 heteroatoms. The Morgan fingerprint density at radius 1 is 0.413 bits per heavy atom. The third-order valence-corrected chi connectivity index (χ3v) is 17.7. The van der Waals surface area contributed by atoms with Gasteiger partial charge in [0.05, 0.1) is 48.6 Å². The summed E-state index contributed by atoms with van der Waals surface area (Å²) in [6, 6.07) is 36.5. The minimum atomic E-state index is 0.156. The molecule has 0 saturated heterocycles. The quantitative estimate of drug-likeness (QED) is 0.116. The van der Waals surface area contributed by atoms with Gasteiger partial charge in [-0.1, -0.05) is 261 Å². The van der Waals surface area contributed by atoms with Gasteiger partial charge in [-0.15, -0.1) is 0 Å². The van der Waals surface area contributed by atoms with Crippen LogP contribution in [0.25, 0.3) is 34.0 Å². The number of fused-ring (bicyclic) bond motifs is 4. The molecule has 5 N–H and O–H groups in total. The second kappa shape index (κ2) is 37.8. The molecule has 0 fully saturated rings. The average molecular weight is 1410 g/mol. The number of hydrogen-bond donors (Lipinski definition) is 5. The zero-order valence-corrected chi connectivity index (χ0v) is 69.2. The summed E-state index contributed by atoms with van der Waals surface area (Å²) in [6.45, 7) is 64.9. The third kappa shape index (κ3) is 29.0. The highest BCUT2D eigenvalue weighted by molar-refractivity contribution is 6.00. The number of imidazole rings is 1. The largest absolute Gasteiger partial charge is 0.365 e. The summed E-state index contributed by atoms with van der Waals surface area (Å²) >= 11 is 0. The molecule has 0 radical (unpaired) electrons. The minimum Gasteiger partial charge on any atom is -0.365 e. The summed E-state index contributed by atoms with van der Waals surface area (Å²) < 4.78 is 0. The van der Waals surface area contributed by atoms with Gasteiger partial charge in [0.25, 0.3) is 0 Å². The molecule has 0 amide bonds. The molecule has 9 aromatic rings. The number of aromatic amines is 5. The molecule has 0 unspecified atom stereocenters. The molecule has 12 nitrogen and oxygen atoms in total. The SMILES string of the molecule is CC(C)(C)C1=CCC=N1.CC(C)(C)C1=CCN=C1.CC(C)(C)C1=NCC=C1.CC(C)(C)c1ccc2[nH]ncc2c1.CC(C)(C)c1ccc2c(c1)=CCN=2.CC(C)(C)c1ccc[nH]1.CC(C)(C)c1ccc[nH]1.CC(C)(C)c1ncc[nH]1.CC(C)c1ccc2c(c1)=NCC=2.CC(C)c1ccc2cc[nH]c2c1. The molecule has 104 heavy (non-hydrogen) atoms. The molecule has 0 atom stereocenters. The van der Waals surface area contributed by atoms with Gasteiger partial charge in [-0.2, -0.15) is 5.10 Å². The minimum absolute atomic E-state index is 0.156. The van der Waals surface area contributed by atoms with Gasteiger partial charge < -0.3 is 19.9 Å². The molecule has 560 valence electrons. The fourth-order valence-electron chi connectivity index (χ4n) is 10.7. The lowest BCUT2D eigenvalue weighted by Gasteiger charge is -2.18. The monoisotopic (exact) mass is 1410 g/mol. The van der Waals surface area contributed by atoms with Gasteiger partial charge in [0.15, 0.2) is 0 Å². The standard InChI is InChI=1S/C12H15N.C11H14N2.2C11H13N.5C8H13N.C7H12N2/c1-12(2,3)10-4-5-11-9(8-10)6-7-13-11;1-11(2,3)9-4-5-10-8(6-9)7-12-13-10;2*1-8(2)10-4-3-9-5-6-12-11(9)7-10;1-8(2,3)7-4-5-9-6-7;4*1-8(2,3)7-5-4-6-9-7;1-7(2,3)6-8-4-5-9-6/h4-6,8H,7H2,1-3H3;4-7H,1-3H3,(H,12,13);3-5,7-8H,6H2,1-2H3;3-8,12H,1-2H3;4,6H,5H2,1-3H3;5-6H,4H2,1-3H3;4-5H,6H2,1-3H3;2*4-6,9H,1-3H3;4-5H,1-3H3,(H,8,9). The number of aromatic nitrogens is 7. The van der Waals surface area contributed by atoms with Gasteiger partial charge in [0, 0.05) is 111 Å². The van der Waals surface area contributed by atoms with E-state index in [2.05, 4.69) is 381 Å². The summed E-state index contributed by atoms with van der Waals surface area (Å²) in [5, 5.41) is 14.3. The van der Waals surface area contributed by atoms with Gasteiger partial charge in [-0.25, -0.2) is 4.98 Å². The Balaban J connectivity index is 0.000000209. The van der Waals surface area contributed by atoms with Crippen molar-refractivity contribution in [1.29, 1.82) is 0 Å². The smallest absolute Gasteiger partial charge is 0.111 e. The van der Waals surface area contributed by atoms with E-state index in [1.54, 1.807) is 6.20 Å². The molecule has 5 aromatic heterocycles. The van der Waals surface area contributed by atoms with Crippen LogP contribution in [0.2, 0.25) is 0 Å². The van der Waals surface area contributed by atoms with Gasteiger partial charge in [0.2, 0.25) is 0 Å². The van der Waals surface area contributed by atoms with Gasteiger partial charge in [-0.3, -0.25) is 30.1 Å². The lowest BCUT2D eigenvalue weighted by molar-refractivity contribution is 0.500. The van der Waals surface area contributed by atoms with Crippen LogP contribution in [0.3, 0.4) is 0 Å². The summed E-state index contributed by atoms with van der Waals surface area (Å²) in [7, 11) is 0. The number of rotatable bonds is 2. The second-order valence-electron chi connectivity index (χ2n) is 36.0. The van der Waals surface area contributed by atoms with Crippen LogP contribution in [0.5, 0.6) is 0 Å². The molecule has 5 aliphatic rings. The van der Waals surface area contributed by atoms with Gasteiger partial charge in [0.1, 0.15) is 5.82 Å². The first-order chi connectivity index (χ1) is 48.3. The number of aliphatic imine (C=N–C) groups is 3. The molecule has 4 aromatic carbocycles. The summed E-state index contributed by atoms with van der Waals surface area (Å²) in [6.07, 6.45) is 29.3. The Labute approximate surface area is 626 Å². The zero-order chi connectivity index (χ0) is 77.5. The lowest BCUT2D eigenvalue weighted by atomic mass is 9.86. The van der Waals surface area contributed by atoms with Crippen LogP contribution in [0.15, 0.2) is 201 Å². The molecule has 5 aliphatic heterocycles. The molecule has 14 rings (SSSR count). The first-order valence-electron chi connectivity index (χ1n) is 37.6. The molecule has 10 heterocycles. The van der Waals surface area contributed by atoms with E-state index in [9.17, 15) is 0 Å². The maximum absolute atomic E-state index is 4.39. The van der Waals surface area contributed by atoms with Crippen LogP contribution >= 0.6 is 0 Å². The van der Waals surface area contributed by atoms with E-state index in [0.29, 0.717) is 17.3 Å². The Hall–Kier alpha value is -8.77. The van der Waals surface area contributed by atoms with E-state index in [0.717, 1.165) is 49.3 Å². The highest BCUT2D eigenvalue weighted by Gasteiger charge is 2.21. The van der Waals surface area contributed by atoms with Crippen molar-refractivity contribution in [1.82, 2.24) is 35.1 Å². The highest BCUT2D eigenvalue weighted by Crippen LogP contribution is 2.30. The van der Waals surface area contributed by atoms with E-state index >= 15 is 0 Å². The Morgan fingerprint density at radius 2 is 1.00 bits per heavy atom. The first-order valence-corrected chi connectivity index (χ1v) is 37.6. The van der Waals surface area contributed by atoms with Crippen molar-refractivity contribution in [2.45, 2.75) is 239 Å². The maximum atomic E-state index is 4.39. The molecular weight excluding hydrogens is 1270 g/mol.